The Morgan fingerprint density at radius 2 is 2.12 bits per heavy atom. The molecule has 0 unspecified atom stereocenters. The molecule has 0 atom stereocenters. The van der Waals surface area contributed by atoms with E-state index in [0.29, 0.717) is 6.42 Å². The van der Waals surface area contributed by atoms with Crippen LogP contribution in [0, 0.1) is 13.8 Å². The lowest BCUT2D eigenvalue weighted by Crippen LogP contribution is -2.06. The minimum Gasteiger partial charge on any atom is -0.385 e. The maximum Gasteiger partial charge on any atom is 0.166 e. The van der Waals surface area contributed by atoms with Crippen molar-refractivity contribution < 1.29 is 9.53 Å². The molecule has 1 rings (SSSR count). The van der Waals surface area contributed by atoms with Gasteiger partial charge in [-0.05, 0) is 20.3 Å². The van der Waals surface area contributed by atoms with Crippen LogP contribution in [0.3, 0.4) is 0 Å². The fourth-order valence-electron chi connectivity index (χ4n) is 1.85. The van der Waals surface area contributed by atoms with Crippen LogP contribution >= 0.6 is 0 Å². The van der Waals surface area contributed by atoms with Crippen molar-refractivity contribution in [3.05, 3.63) is 17.0 Å². The van der Waals surface area contributed by atoms with Gasteiger partial charge in [0.05, 0.1) is 11.3 Å². The van der Waals surface area contributed by atoms with Crippen molar-refractivity contribution in [2.24, 2.45) is 0 Å². The first-order valence-corrected chi connectivity index (χ1v) is 5.68. The highest BCUT2D eigenvalue weighted by atomic mass is 16.5. The van der Waals surface area contributed by atoms with Gasteiger partial charge in [0.25, 0.3) is 0 Å². The highest BCUT2D eigenvalue weighted by Gasteiger charge is 2.16. The molecule has 0 N–H and O–H groups in total. The van der Waals surface area contributed by atoms with Crippen LogP contribution in [0.5, 0.6) is 0 Å². The Balaban J connectivity index is 2.84. The summed E-state index contributed by atoms with van der Waals surface area (Å²) in [5.74, 6) is 0.174. The number of Topliss-reactive ketones (excluding diaryl/α,β-unsaturated/α-hetero) is 1. The van der Waals surface area contributed by atoms with Gasteiger partial charge in [-0.2, -0.15) is 5.10 Å². The van der Waals surface area contributed by atoms with Gasteiger partial charge < -0.3 is 4.74 Å². The summed E-state index contributed by atoms with van der Waals surface area (Å²) >= 11 is 0. The number of methoxy groups -OCH3 is 1. The van der Waals surface area contributed by atoms with Gasteiger partial charge in [0.15, 0.2) is 5.78 Å². The highest BCUT2D eigenvalue weighted by molar-refractivity contribution is 5.97. The van der Waals surface area contributed by atoms with Crippen LogP contribution in [-0.2, 0) is 11.3 Å². The predicted octanol–water partition coefficient (Wildman–Crippen LogP) is 2.13. The fourth-order valence-corrected chi connectivity index (χ4v) is 1.85. The lowest BCUT2D eigenvalue weighted by Gasteiger charge is -2.04. The number of rotatable bonds is 6. The maximum atomic E-state index is 11.7. The normalized spacial score (nSPS) is 10.8. The van der Waals surface area contributed by atoms with Crippen molar-refractivity contribution in [2.45, 2.75) is 40.2 Å². The van der Waals surface area contributed by atoms with Gasteiger partial charge in [-0.1, -0.05) is 6.92 Å². The van der Waals surface area contributed by atoms with Gasteiger partial charge in [-0.3, -0.25) is 9.48 Å². The molecule has 4 nitrogen and oxygen atoms in total. The van der Waals surface area contributed by atoms with Crippen LogP contribution in [-0.4, -0.2) is 29.3 Å². The number of aromatic nitrogens is 2. The van der Waals surface area contributed by atoms with E-state index in [1.807, 2.05) is 25.5 Å². The first-order valence-electron chi connectivity index (χ1n) is 5.68. The van der Waals surface area contributed by atoms with Crippen molar-refractivity contribution >= 4 is 5.78 Å². The van der Waals surface area contributed by atoms with Crippen LogP contribution in [0.25, 0.3) is 0 Å². The summed E-state index contributed by atoms with van der Waals surface area (Å²) in [7, 11) is 1.69. The molecule has 0 spiro atoms. The molecular weight excluding hydrogens is 204 g/mol. The summed E-state index contributed by atoms with van der Waals surface area (Å²) in [5.41, 5.74) is 2.60. The van der Waals surface area contributed by atoms with Crippen molar-refractivity contribution in [2.75, 3.05) is 13.7 Å². The lowest BCUT2D eigenvalue weighted by molar-refractivity contribution is 0.0987. The quantitative estimate of drug-likeness (QED) is 0.549. The Kier molecular flexibility index (Phi) is 4.68. The molecule has 0 bridgehead atoms. The van der Waals surface area contributed by atoms with Gasteiger partial charge in [0, 0.05) is 32.4 Å². The fraction of sp³-hybridized carbons (Fsp3) is 0.667. The minimum absolute atomic E-state index is 0.174. The number of aryl methyl sites for hydroxylation is 2. The van der Waals surface area contributed by atoms with E-state index in [9.17, 15) is 4.79 Å². The maximum absolute atomic E-state index is 11.7. The first kappa shape index (κ1) is 12.9. The summed E-state index contributed by atoms with van der Waals surface area (Å²) in [6.45, 7) is 7.24. The van der Waals surface area contributed by atoms with Gasteiger partial charge in [-0.15, -0.1) is 0 Å². The summed E-state index contributed by atoms with van der Waals surface area (Å²) in [4.78, 5) is 11.7. The molecule has 1 aromatic heterocycles. The zero-order valence-electron chi connectivity index (χ0n) is 10.5. The molecule has 0 aliphatic rings. The van der Waals surface area contributed by atoms with Crippen molar-refractivity contribution in [3.8, 4) is 0 Å². The van der Waals surface area contributed by atoms with Crippen molar-refractivity contribution in [1.29, 1.82) is 0 Å². The zero-order chi connectivity index (χ0) is 12.1. The number of carbonyl (C=O) groups is 1. The number of nitrogens with zero attached hydrogens (tertiary/aromatic N) is 2. The van der Waals surface area contributed by atoms with E-state index >= 15 is 0 Å². The van der Waals surface area contributed by atoms with Crippen LogP contribution < -0.4 is 0 Å². The molecule has 0 saturated heterocycles. The van der Waals surface area contributed by atoms with Crippen molar-refractivity contribution in [3.63, 3.8) is 0 Å². The number of ether oxygens (including phenoxy) is 1. The number of carbonyl (C=O) groups excluding carboxylic acids is 1. The minimum atomic E-state index is 0.174. The van der Waals surface area contributed by atoms with E-state index in [1.54, 1.807) is 7.11 Å². The summed E-state index contributed by atoms with van der Waals surface area (Å²) in [6.07, 6.45) is 1.45. The monoisotopic (exact) mass is 224 g/mol. The summed E-state index contributed by atoms with van der Waals surface area (Å²) in [6, 6.07) is 0. The zero-order valence-corrected chi connectivity index (χ0v) is 10.5. The van der Waals surface area contributed by atoms with E-state index in [4.69, 9.17) is 4.74 Å². The molecule has 1 heterocycles. The first-order chi connectivity index (χ1) is 7.61. The second-order valence-corrected chi connectivity index (χ2v) is 3.89. The van der Waals surface area contributed by atoms with Crippen molar-refractivity contribution in [1.82, 2.24) is 9.78 Å². The molecular formula is C12H20N2O2. The summed E-state index contributed by atoms with van der Waals surface area (Å²) < 4.78 is 6.90. The standard InChI is InChI=1S/C12H20N2O2/c1-5-11(15)12-9(2)13-14(10(12)3)7-6-8-16-4/h5-8H2,1-4H3. The molecule has 0 saturated carbocycles. The topological polar surface area (TPSA) is 44.1 Å². The second kappa shape index (κ2) is 5.80. The number of hydrogen-bond acceptors (Lipinski definition) is 3. The average molecular weight is 224 g/mol. The largest absolute Gasteiger partial charge is 0.385 e. The van der Waals surface area contributed by atoms with Crippen LogP contribution in [0.2, 0.25) is 0 Å². The molecule has 0 aromatic carbocycles. The number of ketones is 1. The predicted molar refractivity (Wildman–Crippen MR) is 62.8 cm³/mol. The Morgan fingerprint density at radius 3 is 2.69 bits per heavy atom. The van der Waals surface area contributed by atoms with Gasteiger partial charge >= 0.3 is 0 Å². The van der Waals surface area contributed by atoms with Gasteiger partial charge in [-0.25, -0.2) is 0 Å². The number of hydrogen-bond donors (Lipinski definition) is 0. The molecule has 0 aliphatic heterocycles. The molecule has 0 amide bonds. The smallest absolute Gasteiger partial charge is 0.166 e. The Labute approximate surface area is 96.6 Å². The molecule has 0 aliphatic carbocycles. The second-order valence-electron chi connectivity index (χ2n) is 3.89. The van der Waals surface area contributed by atoms with E-state index in [0.717, 1.165) is 36.5 Å². The van der Waals surface area contributed by atoms with Crippen LogP contribution in [0.4, 0.5) is 0 Å². The highest BCUT2D eigenvalue weighted by Crippen LogP contribution is 2.15. The van der Waals surface area contributed by atoms with Crippen LogP contribution in [0.15, 0.2) is 0 Å². The third kappa shape index (κ3) is 2.70. The Morgan fingerprint density at radius 1 is 1.44 bits per heavy atom. The third-order valence-electron chi connectivity index (χ3n) is 2.70. The van der Waals surface area contributed by atoms with Gasteiger partial charge in [0.2, 0.25) is 0 Å². The van der Waals surface area contributed by atoms with E-state index in [2.05, 4.69) is 5.10 Å². The van der Waals surface area contributed by atoms with Crippen LogP contribution in [0.1, 0.15) is 41.5 Å². The SMILES string of the molecule is CCC(=O)c1c(C)nn(CCCOC)c1C. The third-order valence-corrected chi connectivity index (χ3v) is 2.70. The molecule has 1 aromatic rings. The van der Waals surface area contributed by atoms with Gasteiger partial charge in [0.1, 0.15) is 0 Å². The van der Waals surface area contributed by atoms with E-state index < -0.39 is 0 Å². The summed E-state index contributed by atoms with van der Waals surface area (Å²) in [5, 5.41) is 4.39. The van der Waals surface area contributed by atoms with E-state index in [-0.39, 0.29) is 5.78 Å². The molecule has 0 fully saturated rings. The molecule has 0 radical (unpaired) electrons. The Bertz CT molecular complexity index is 369. The molecule has 90 valence electrons. The Hall–Kier alpha value is -1.16. The molecule has 16 heavy (non-hydrogen) atoms. The van der Waals surface area contributed by atoms with E-state index in [1.165, 1.54) is 0 Å². The molecule has 4 heteroatoms. The average Bonchev–Trinajstić information content (AvgIpc) is 2.54. The lowest BCUT2D eigenvalue weighted by atomic mass is 10.1.